The highest BCUT2D eigenvalue weighted by molar-refractivity contribution is 7.15. The van der Waals surface area contributed by atoms with E-state index in [0.29, 0.717) is 0 Å². The van der Waals surface area contributed by atoms with Crippen molar-refractivity contribution >= 4 is 16.5 Å². The number of hydrogen-bond acceptors (Lipinski definition) is 5. The number of aromatic nitrogens is 1. The van der Waals surface area contributed by atoms with Crippen LogP contribution in [0.15, 0.2) is 6.20 Å². The molecular weight excluding hydrogens is 256 g/mol. The maximum atomic E-state index is 4.43. The molecule has 106 valence electrons. The number of rotatable bonds is 4. The van der Waals surface area contributed by atoms with Gasteiger partial charge in [-0.2, -0.15) is 0 Å². The summed E-state index contributed by atoms with van der Waals surface area (Å²) in [5.74, 6) is 0. The Labute approximate surface area is 119 Å². The van der Waals surface area contributed by atoms with Crippen LogP contribution in [0.25, 0.3) is 0 Å². The van der Waals surface area contributed by atoms with E-state index in [9.17, 15) is 0 Å². The zero-order valence-electron chi connectivity index (χ0n) is 11.8. The Hall–Kier alpha value is -0.650. The summed E-state index contributed by atoms with van der Waals surface area (Å²) in [6, 6.07) is 0.809. The Morgan fingerprint density at radius 1 is 1.37 bits per heavy atom. The lowest BCUT2D eigenvalue weighted by molar-refractivity contribution is 0.216. The van der Waals surface area contributed by atoms with E-state index in [1.165, 1.54) is 50.3 Å². The van der Waals surface area contributed by atoms with Crippen LogP contribution in [-0.4, -0.2) is 53.5 Å². The maximum Gasteiger partial charge on any atom is 0.182 e. The average molecular weight is 280 g/mol. The highest BCUT2D eigenvalue weighted by atomic mass is 32.1. The molecule has 2 aliphatic rings. The molecule has 1 N–H and O–H groups in total. The summed E-state index contributed by atoms with van der Waals surface area (Å²) in [4.78, 5) is 11.1. The molecule has 1 aromatic heterocycles. The minimum atomic E-state index is 0.809. The quantitative estimate of drug-likeness (QED) is 0.916. The molecule has 2 aliphatic heterocycles. The van der Waals surface area contributed by atoms with E-state index in [1.807, 2.05) is 6.20 Å². The minimum Gasteiger partial charge on any atom is -0.362 e. The molecule has 2 fully saturated rings. The third-order valence-corrected chi connectivity index (χ3v) is 5.09. The van der Waals surface area contributed by atoms with Gasteiger partial charge in [0.15, 0.2) is 5.13 Å². The highest BCUT2D eigenvalue weighted by Gasteiger charge is 2.28. The van der Waals surface area contributed by atoms with Crippen molar-refractivity contribution in [3.8, 4) is 0 Å². The SMILES string of the molecule is CCNc1ncc(CN2CCCN3CCCC3C2)s1. The lowest BCUT2D eigenvalue weighted by atomic mass is 10.2. The summed E-state index contributed by atoms with van der Waals surface area (Å²) in [5, 5.41) is 4.36. The van der Waals surface area contributed by atoms with Crippen LogP contribution in [-0.2, 0) is 6.54 Å². The first-order chi connectivity index (χ1) is 9.35. The summed E-state index contributed by atoms with van der Waals surface area (Å²) in [6.45, 7) is 9.25. The van der Waals surface area contributed by atoms with Gasteiger partial charge in [-0.15, -0.1) is 11.3 Å². The molecular formula is C14H24N4S. The first kappa shape index (κ1) is 13.3. The molecule has 2 saturated heterocycles. The number of hydrogen-bond donors (Lipinski definition) is 1. The fourth-order valence-electron chi connectivity index (χ4n) is 3.26. The van der Waals surface area contributed by atoms with Crippen molar-refractivity contribution in [3.05, 3.63) is 11.1 Å². The number of nitrogens with one attached hydrogen (secondary N) is 1. The average Bonchev–Trinajstić information content (AvgIpc) is 2.97. The topological polar surface area (TPSA) is 31.4 Å². The van der Waals surface area contributed by atoms with Crippen LogP contribution in [0.4, 0.5) is 5.13 Å². The van der Waals surface area contributed by atoms with Crippen molar-refractivity contribution in [2.75, 3.05) is 38.0 Å². The van der Waals surface area contributed by atoms with Crippen molar-refractivity contribution in [1.29, 1.82) is 0 Å². The van der Waals surface area contributed by atoms with E-state index in [4.69, 9.17) is 0 Å². The van der Waals surface area contributed by atoms with Crippen LogP contribution in [0.2, 0.25) is 0 Å². The molecule has 0 saturated carbocycles. The van der Waals surface area contributed by atoms with Crippen LogP contribution in [0.5, 0.6) is 0 Å². The number of nitrogens with zero attached hydrogens (tertiary/aromatic N) is 3. The number of anilines is 1. The van der Waals surface area contributed by atoms with Crippen molar-refractivity contribution in [3.63, 3.8) is 0 Å². The molecule has 3 heterocycles. The van der Waals surface area contributed by atoms with Gasteiger partial charge in [0, 0.05) is 36.8 Å². The molecule has 0 spiro atoms. The molecule has 19 heavy (non-hydrogen) atoms. The van der Waals surface area contributed by atoms with Gasteiger partial charge in [0.25, 0.3) is 0 Å². The fraction of sp³-hybridized carbons (Fsp3) is 0.786. The second-order valence-electron chi connectivity index (χ2n) is 5.58. The van der Waals surface area contributed by atoms with Crippen LogP contribution in [0, 0.1) is 0 Å². The van der Waals surface area contributed by atoms with Crippen LogP contribution in [0.1, 0.15) is 31.1 Å². The van der Waals surface area contributed by atoms with Crippen molar-refractivity contribution in [1.82, 2.24) is 14.8 Å². The minimum absolute atomic E-state index is 0.809. The van der Waals surface area contributed by atoms with Gasteiger partial charge >= 0.3 is 0 Å². The molecule has 3 rings (SSSR count). The molecule has 1 aromatic rings. The monoisotopic (exact) mass is 280 g/mol. The summed E-state index contributed by atoms with van der Waals surface area (Å²) >= 11 is 1.81. The third-order valence-electron chi connectivity index (χ3n) is 4.15. The van der Waals surface area contributed by atoms with Crippen molar-refractivity contribution < 1.29 is 0 Å². The Morgan fingerprint density at radius 2 is 2.26 bits per heavy atom. The maximum absolute atomic E-state index is 4.43. The second kappa shape index (κ2) is 6.20. The lowest BCUT2D eigenvalue weighted by Gasteiger charge is -2.25. The molecule has 0 amide bonds. The Morgan fingerprint density at radius 3 is 3.16 bits per heavy atom. The summed E-state index contributed by atoms with van der Waals surface area (Å²) in [5.41, 5.74) is 0. The van der Waals surface area contributed by atoms with Crippen LogP contribution in [0.3, 0.4) is 0 Å². The van der Waals surface area contributed by atoms with Crippen molar-refractivity contribution in [2.45, 2.75) is 38.8 Å². The normalized spacial score (nSPS) is 25.2. The van der Waals surface area contributed by atoms with Gasteiger partial charge < -0.3 is 5.32 Å². The van der Waals surface area contributed by atoms with Gasteiger partial charge in [0.1, 0.15) is 0 Å². The van der Waals surface area contributed by atoms with E-state index in [2.05, 4.69) is 27.0 Å². The van der Waals surface area contributed by atoms with E-state index >= 15 is 0 Å². The van der Waals surface area contributed by atoms with Gasteiger partial charge in [-0.3, -0.25) is 9.80 Å². The summed E-state index contributed by atoms with van der Waals surface area (Å²) < 4.78 is 0. The van der Waals surface area contributed by atoms with Crippen LogP contribution < -0.4 is 5.32 Å². The second-order valence-corrected chi connectivity index (χ2v) is 6.70. The van der Waals surface area contributed by atoms with Gasteiger partial charge in [-0.25, -0.2) is 4.98 Å². The highest BCUT2D eigenvalue weighted by Crippen LogP contribution is 2.24. The molecule has 0 aromatic carbocycles. The zero-order valence-corrected chi connectivity index (χ0v) is 12.6. The van der Waals surface area contributed by atoms with E-state index in [-0.39, 0.29) is 0 Å². The molecule has 0 bridgehead atoms. The lowest BCUT2D eigenvalue weighted by Crippen LogP contribution is -2.36. The molecule has 4 nitrogen and oxygen atoms in total. The predicted molar refractivity (Wildman–Crippen MR) is 80.8 cm³/mol. The van der Waals surface area contributed by atoms with Crippen LogP contribution >= 0.6 is 11.3 Å². The fourth-order valence-corrected chi connectivity index (χ4v) is 4.18. The molecule has 5 heteroatoms. The van der Waals surface area contributed by atoms with E-state index in [1.54, 1.807) is 11.3 Å². The third kappa shape index (κ3) is 3.27. The largest absolute Gasteiger partial charge is 0.362 e. The Balaban J connectivity index is 1.58. The van der Waals surface area contributed by atoms with Gasteiger partial charge in [-0.05, 0) is 45.8 Å². The first-order valence-corrected chi connectivity index (χ1v) is 8.32. The smallest absolute Gasteiger partial charge is 0.182 e. The molecule has 1 unspecified atom stereocenters. The Kier molecular flexibility index (Phi) is 4.35. The summed E-state index contributed by atoms with van der Waals surface area (Å²) in [7, 11) is 0. The molecule has 1 atom stereocenters. The van der Waals surface area contributed by atoms with Crippen molar-refractivity contribution in [2.24, 2.45) is 0 Å². The van der Waals surface area contributed by atoms with Gasteiger partial charge in [0.05, 0.1) is 0 Å². The zero-order chi connectivity index (χ0) is 13.1. The predicted octanol–water partition coefficient (Wildman–Crippen LogP) is 2.25. The van der Waals surface area contributed by atoms with E-state index < -0.39 is 0 Å². The van der Waals surface area contributed by atoms with E-state index in [0.717, 1.165) is 24.3 Å². The first-order valence-electron chi connectivity index (χ1n) is 7.50. The summed E-state index contributed by atoms with van der Waals surface area (Å²) in [6.07, 6.45) is 6.14. The molecule has 0 radical (unpaired) electrons. The molecule has 0 aliphatic carbocycles. The van der Waals surface area contributed by atoms with Gasteiger partial charge in [-0.1, -0.05) is 0 Å². The standard InChI is InChI=1S/C14H24N4S/c1-2-15-14-16-9-13(19-14)11-17-6-4-8-18-7-3-5-12(18)10-17/h9,12H,2-8,10-11H2,1H3,(H,15,16). The van der Waals surface area contributed by atoms with Gasteiger partial charge in [0.2, 0.25) is 0 Å². The number of fused-ring (bicyclic) bond motifs is 1. The Bertz CT molecular complexity index is 406. The number of thiazole rings is 1.